The summed E-state index contributed by atoms with van der Waals surface area (Å²) in [6, 6.07) is 8.13. The Morgan fingerprint density at radius 1 is 1.17 bits per heavy atom. The van der Waals surface area contributed by atoms with Crippen molar-refractivity contribution in [3.05, 3.63) is 58.9 Å². The Hall–Kier alpha value is -3.61. The number of pyridine rings is 1. The fourth-order valence-corrected chi connectivity index (χ4v) is 5.21. The Kier molecular flexibility index (Phi) is 6.69. The molecule has 2 saturated heterocycles. The number of carbonyl (C=O) groups excluding carboxylic acids is 2. The predicted molar refractivity (Wildman–Crippen MR) is 127 cm³/mol. The third kappa shape index (κ3) is 4.87. The number of amides is 2. The molecule has 2 aliphatic rings. The minimum Gasteiger partial charge on any atom is -0.359 e. The van der Waals surface area contributed by atoms with E-state index in [4.69, 9.17) is 5.26 Å². The lowest BCUT2D eigenvalue weighted by Gasteiger charge is -2.39. The van der Waals surface area contributed by atoms with E-state index in [1.165, 1.54) is 11.0 Å². The normalized spacial score (nSPS) is 19.3. The molecule has 0 N–H and O–H groups in total. The first-order valence-corrected chi connectivity index (χ1v) is 11.8. The van der Waals surface area contributed by atoms with Crippen LogP contribution in [0.25, 0.3) is 0 Å². The number of rotatable bonds is 3. The molecule has 0 aliphatic carbocycles. The molecule has 2 fully saturated rings. The Bertz CT molecular complexity index is 1200. The number of likely N-dealkylation sites (N-methyl/N-ethyl adjacent to an activating group) is 1. The molecule has 1 atom stereocenters. The van der Waals surface area contributed by atoms with Crippen LogP contribution in [0.15, 0.2) is 36.5 Å². The molecule has 0 radical (unpaired) electrons. The van der Waals surface area contributed by atoms with E-state index < -0.39 is 23.3 Å². The molecule has 2 amide bonds. The van der Waals surface area contributed by atoms with Crippen LogP contribution in [0.2, 0.25) is 0 Å². The number of piperidine rings is 1. The van der Waals surface area contributed by atoms with Crippen LogP contribution in [-0.2, 0) is 11.0 Å². The third-order valence-corrected chi connectivity index (χ3v) is 7.26. The van der Waals surface area contributed by atoms with Gasteiger partial charge < -0.3 is 14.7 Å². The molecule has 2 aromatic rings. The summed E-state index contributed by atoms with van der Waals surface area (Å²) >= 11 is 0. The van der Waals surface area contributed by atoms with E-state index in [-0.39, 0.29) is 22.9 Å². The van der Waals surface area contributed by atoms with Crippen molar-refractivity contribution in [1.29, 1.82) is 5.26 Å². The van der Waals surface area contributed by atoms with Crippen LogP contribution in [0.4, 0.5) is 18.9 Å². The minimum absolute atomic E-state index is 0.102. The number of hydrogen-bond donors (Lipinski definition) is 0. The van der Waals surface area contributed by atoms with Gasteiger partial charge in [-0.25, -0.2) is 0 Å². The Labute approximate surface area is 208 Å². The lowest BCUT2D eigenvalue weighted by Crippen LogP contribution is -2.44. The molecule has 1 spiro atoms. The number of anilines is 1. The number of halogens is 3. The summed E-state index contributed by atoms with van der Waals surface area (Å²) in [7, 11) is 3.25. The van der Waals surface area contributed by atoms with E-state index in [0.29, 0.717) is 44.5 Å². The van der Waals surface area contributed by atoms with Crippen molar-refractivity contribution in [1.82, 2.24) is 14.8 Å². The maximum absolute atomic E-state index is 13.6. The molecule has 4 rings (SSSR count). The van der Waals surface area contributed by atoms with Gasteiger partial charge in [0, 0.05) is 51.3 Å². The van der Waals surface area contributed by atoms with Crippen LogP contribution in [-0.4, -0.2) is 66.4 Å². The maximum Gasteiger partial charge on any atom is 0.417 e. The molecule has 10 heteroatoms. The van der Waals surface area contributed by atoms with Crippen LogP contribution >= 0.6 is 0 Å². The summed E-state index contributed by atoms with van der Waals surface area (Å²) in [6.07, 6.45) is -1.37. The zero-order chi connectivity index (χ0) is 26.3. The Morgan fingerprint density at radius 3 is 2.42 bits per heavy atom. The van der Waals surface area contributed by atoms with E-state index in [1.807, 2.05) is 6.92 Å². The number of nitrogens with zero attached hydrogens (tertiary/aromatic N) is 5. The molecule has 0 bridgehead atoms. The number of hydrogen-bond acceptors (Lipinski definition) is 5. The largest absolute Gasteiger partial charge is 0.417 e. The zero-order valence-corrected chi connectivity index (χ0v) is 20.5. The highest BCUT2D eigenvalue weighted by Crippen LogP contribution is 2.46. The van der Waals surface area contributed by atoms with E-state index in [9.17, 15) is 22.8 Å². The van der Waals surface area contributed by atoms with Crippen molar-refractivity contribution in [2.24, 2.45) is 5.41 Å². The van der Waals surface area contributed by atoms with Gasteiger partial charge >= 0.3 is 6.18 Å². The summed E-state index contributed by atoms with van der Waals surface area (Å²) in [5.41, 5.74) is -0.168. The maximum atomic E-state index is 13.6. The zero-order valence-electron chi connectivity index (χ0n) is 20.5. The first kappa shape index (κ1) is 25.5. The highest BCUT2D eigenvalue weighted by Gasteiger charge is 2.49. The monoisotopic (exact) mass is 499 g/mol. The molecule has 1 aromatic heterocycles. The van der Waals surface area contributed by atoms with Gasteiger partial charge in [0.05, 0.1) is 22.8 Å². The van der Waals surface area contributed by atoms with Crippen LogP contribution in [0.1, 0.15) is 46.4 Å². The fraction of sp³-hybridized carbons (Fsp3) is 0.462. The van der Waals surface area contributed by atoms with Crippen molar-refractivity contribution in [2.75, 3.05) is 38.6 Å². The Balaban J connectivity index is 1.58. The van der Waals surface area contributed by atoms with Gasteiger partial charge in [-0.3, -0.25) is 14.6 Å². The molecule has 1 aromatic carbocycles. The fourth-order valence-electron chi connectivity index (χ4n) is 5.21. The van der Waals surface area contributed by atoms with E-state index in [2.05, 4.69) is 4.98 Å². The number of carbonyl (C=O) groups is 2. The van der Waals surface area contributed by atoms with E-state index >= 15 is 0 Å². The summed E-state index contributed by atoms with van der Waals surface area (Å²) in [6.45, 7) is 3.23. The number of aryl methyl sites for hydroxylation is 1. The topological polar surface area (TPSA) is 80.5 Å². The summed E-state index contributed by atoms with van der Waals surface area (Å²) in [4.78, 5) is 35.2. The van der Waals surface area contributed by atoms with Gasteiger partial charge in [0.25, 0.3) is 5.91 Å². The molecule has 7 nitrogen and oxygen atoms in total. The third-order valence-electron chi connectivity index (χ3n) is 7.26. The van der Waals surface area contributed by atoms with Gasteiger partial charge in [-0.2, -0.15) is 18.4 Å². The smallest absolute Gasteiger partial charge is 0.359 e. The second-order valence-corrected chi connectivity index (χ2v) is 9.90. The molecule has 3 heterocycles. The number of nitriles is 1. The molecule has 2 aliphatic heterocycles. The molecule has 36 heavy (non-hydrogen) atoms. The second-order valence-electron chi connectivity index (χ2n) is 9.90. The van der Waals surface area contributed by atoms with E-state index in [0.717, 1.165) is 17.8 Å². The summed E-state index contributed by atoms with van der Waals surface area (Å²) in [5, 5.41) is 9.15. The summed E-state index contributed by atoms with van der Waals surface area (Å²) < 4.78 is 40.9. The Morgan fingerprint density at radius 2 is 1.86 bits per heavy atom. The van der Waals surface area contributed by atoms with Gasteiger partial charge in [0.2, 0.25) is 5.91 Å². The lowest BCUT2D eigenvalue weighted by molar-refractivity contribution is -0.137. The quantitative estimate of drug-likeness (QED) is 0.641. The number of aromatic nitrogens is 1. The summed E-state index contributed by atoms with van der Waals surface area (Å²) in [5.74, 6) is -0.288. The number of likely N-dealkylation sites (tertiary alicyclic amines) is 1. The van der Waals surface area contributed by atoms with Crippen molar-refractivity contribution in [2.45, 2.75) is 38.4 Å². The highest BCUT2D eigenvalue weighted by molar-refractivity contribution is 5.94. The van der Waals surface area contributed by atoms with Crippen LogP contribution < -0.4 is 4.90 Å². The molecule has 0 saturated carbocycles. The standard InChI is InChI=1S/C26H28F3N5O2/c1-17-4-5-19(15-31-17)23(35)33-10-8-25(9-11-33)13-22(24(36)32(2)3)34(16-25)20-7-6-18(14-30)21(12-20)26(27,28)29/h4-7,12,15,22H,8-11,13,16H2,1-3H3. The van der Waals surface area contributed by atoms with E-state index in [1.54, 1.807) is 48.3 Å². The molecular weight excluding hydrogens is 471 g/mol. The van der Waals surface area contributed by atoms with Crippen LogP contribution in [0.3, 0.4) is 0 Å². The molecule has 190 valence electrons. The number of benzene rings is 1. The van der Waals surface area contributed by atoms with Gasteiger partial charge in [-0.15, -0.1) is 0 Å². The van der Waals surface area contributed by atoms with Crippen molar-refractivity contribution < 1.29 is 22.8 Å². The van der Waals surface area contributed by atoms with Gasteiger partial charge in [0.1, 0.15) is 6.04 Å². The van der Waals surface area contributed by atoms with Crippen molar-refractivity contribution >= 4 is 17.5 Å². The molecular formula is C26H28F3N5O2. The first-order chi connectivity index (χ1) is 16.9. The average Bonchev–Trinajstić information content (AvgIpc) is 3.21. The second kappa shape index (κ2) is 9.45. The highest BCUT2D eigenvalue weighted by atomic mass is 19.4. The van der Waals surface area contributed by atoms with Crippen molar-refractivity contribution in [3.8, 4) is 6.07 Å². The van der Waals surface area contributed by atoms with Crippen LogP contribution in [0.5, 0.6) is 0 Å². The number of alkyl halides is 3. The SMILES string of the molecule is Cc1ccc(C(=O)N2CCC3(CC2)CC(C(=O)N(C)C)N(c2ccc(C#N)c(C(F)(F)F)c2)C3)cn1. The van der Waals surface area contributed by atoms with Gasteiger partial charge in [-0.1, -0.05) is 0 Å². The first-order valence-electron chi connectivity index (χ1n) is 11.8. The van der Waals surface area contributed by atoms with Crippen LogP contribution in [0, 0.1) is 23.7 Å². The predicted octanol–water partition coefficient (Wildman–Crippen LogP) is 3.87. The van der Waals surface area contributed by atoms with Gasteiger partial charge in [0.15, 0.2) is 0 Å². The minimum atomic E-state index is -4.68. The lowest BCUT2D eigenvalue weighted by atomic mass is 9.76. The van der Waals surface area contributed by atoms with Crippen molar-refractivity contribution in [3.63, 3.8) is 0 Å². The molecule has 1 unspecified atom stereocenters. The van der Waals surface area contributed by atoms with Gasteiger partial charge in [-0.05, 0) is 61.9 Å². The average molecular weight is 500 g/mol.